The van der Waals surface area contributed by atoms with Crippen molar-refractivity contribution in [3.63, 3.8) is 0 Å². The van der Waals surface area contributed by atoms with Crippen LogP contribution in [-0.2, 0) is 4.79 Å². The van der Waals surface area contributed by atoms with E-state index in [0.717, 1.165) is 12.2 Å². The number of nitrogens with one attached hydrogen (secondary N) is 2. The quantitative estimate of drug-likeness (QED) is 0.572. The summed E-state index contributed by atoms with van der Waals surface area (Å²) in [5.41, 5.74) is -0.0700. The number of hydrogen-bond donors (Lipinski definition) is 2. The molecule has 2 rings (SSSR count). The minimum absolute atomic E-state index is 0.0105. The van der Waals surface area contributed by atoms with Crippen LogP contribution in [0.2, 0.25) is 0 Å². The van der Waals surface area contributed by atoms with Gasteiger partial charge in [-0.05, 0) is 25.5 Å². The molecule has 0 bridgehead atoms. The molecule has 2 atom stereocenters. The van der Waals surface area contributed by atoms with Gasteiger partial charge in [-0.2, -0.15) is 11.8 Å². The number of amides is 1. The van der Waals surface area contributed by atoms with Gasteiger partial charge in [0.25, 0.3) is 0 Å². The molecule has 2 heterocycles. The molecule has 12 heavy (non-hydrogen) atoms. The second-order valence-corrected chi connectivity index (χ2v) is 4.70. The van der Waals surface area contributed by atoms with Gasteiger partial charge in [-0.15, -0.1) is 0 Å². The Morgan fingerprint density at radius 2 is 2.50 bits per heavy atom. The average molecular weight is 186 g/mol. The molecule has 0 aliphatic carbocycles. The standard InChI is InChI=1S/C8H14N2OS/c1-6-7(11)10-8(9-6)3-2-4-12-5-8/h6,9H,2-5H2,1H3,(H,10,11). The lowest BCUT2D eigenvalue weighted by atomic mass is 10.1. The molecular formula is C8H14N2OS. The highest BCUT2D eigenvalue weighted by Gasteiger charge is 2.42. The van der Waals surface area contributed by atoms with Crippen molar-refractivity contribution in [1.29, 1.82) is 0 Å². The molecule has 68 valence electrons. The van der Waals surface area contributed by atoms with Gasteiger partial charge in [-0.1, -0.05) is 0 Å². The maximum absolute atomic E-state index is 11.3. The van der Waals surface area contributed by atoms with Gasteiger partial charge in [0.05, 0.1) is 6.04 Å². The summed E-state index contributed by atoms with van der Waals surface area (Å²) in [6.45, 7) is 1.92. The molecule has 2 saturated heterocycles. The lowest BCUT2D eigenvalue weighted by Gasteiger charge is -2.33. The summed E-state index contributed by atoms with van der Waals surface area (Å²) in [5, 5.41) is 6.39. The second kappa shape index (κ2) is 2.92. The molecule has 0 aromatic carbocycles. The first-order valence-corrected chi connectivity index (χ1v) is 5.55. The van der Waals surface area contributed by atoms with E-state index in [2.05, 4.69) is 10.6 Å². The van der Waals surface area contributed by atoms with Crippen LogP contribution in [0.25, 0.3) is 0 Å². The van der Waals surface area contributed by atoms with Crippen LogP contribution in [0.5, 0.6) is 0 Å². The first-order valence-electron chi connectivity index (χ1n) is 4.39. The smallest absolute Gasteiger partial charge is 0.238 e. The van der Waals surface area contributed by atoms with E-state index in [1.54, 1.807) is 0 Å². The van der Waals surface area contributed by atoms with Gasteiger partial charge in [0.1, 0.15) is 5.66 Å². The zero-order chi connectivity index (χ0) is 8.60. The van der Waals surface area contributed by atoms with Crippen molar-refractivity contribution in [2.24, 2.45) is 0 Å². The maximum Gasteiger partial charge on any atom is 0.238 e. The monoisotopic (exact) mass is 186 g/mol. The number of carbonyl (C=O) groups excluding carboxylic acids is 1. The highest BCUT2D eigenvalue weighted by Crippen LogP contribution is 2.27. The fourth-order valence-corrected chi connectivity index (χ4v) is 3.01. The SMILES string of the molecule is CC1NC2(CCCSC2)NC1=O. The summed E-state index contributed by atoms with van der Waals surface area (Å²) >= 11 is 1.92. The number of hydrogen-bond acceptors (Lipinski definition) is 3. The molecule has 2 unspecified atom stereocenters. The number of rotatable bonds is 0. The van der Waals surface area contributed by atoms with Crippen molar-refractivity contribution in [3.8, 4) is 0 Å². The lowest BCUT2D eigenvalue weighted by Crippen LogP contribution is -2.54. The molecule has 0 aromatic heterocycles. The van der Waals surface area contributed by atoms with Crippen molar-refractivity contribution in [1.82, 2.24) is 10.6 Å². The third-order valence-electron chi connectivity index (χ3n) is 2.49. The Balaban J connectivity index is 2.07. The molecule has 0 aromatic rings. The van der Waals surface area contributed by atoms with Crippen LogP contribution >= 0.6 is 11.8 Å². The third kappa shape index (κ3) is 1.33. The summed E-state index contributed by atoms with van der Waals surface area (Å²) in [7, 11) is 0. The zero-order valence-corrected chi connectivity index (χ0v) is 8.04. The predicted octanol–water partition coefficient (Wildman–Crippen LogP) is 0.318. The van der Waals surface area contributed by atoms with Gasteiger partial charge in [0.2, 0.25) is 5.91 Å². The summed E-state index contributed by atoms with van der Waals surface area (Å²) in [5.74, 6) is 2.40. The summed E-state index contributed by atoms with van der Waals surface area (Å²) in [6.07, 6.45) is 2.28. The fourth-order valence-electron chi connectivity index (χ4n) is 1.87. The van der Waals surface area contributed by atoms with Gasteiger partial charge < -0.3 is 5.32 Å². The number of thioether (sulfide) groups is 1. The molecule has 2 fully saturated rings. The first kappa shape index (κ1) is 8.38. The molecule has 1 spiro atoms. The highest BCUT2D eigenvalue weighted by atomic mass is 32.2. The van der Waals surface area contributed by atoms with E-state index in [1.165, 1.54) is 12.2 Å². The molecule has 4 heteroatoms. The Morgan fingerprint density at radius 3 is 3.00 bits per heavy atom. The topological polar surface area (TPSA) is 41.1 Å². The van der Waals surface area contributed by atoms with Gasteiger partial charge in [0.15, 0.2) is 0 Å². The molecule has 3 nitrogen and oxygen atoms in total. The van der Waals surface area contributed by atoms with Gasteiger partial charge in [-0.3, -0.25) is 10.1 Å². The van der Waals surface area contributed by atoms with E-state index >= 15 is 0 Å². The predicted molar refractivity (Wildman–Crippen MR) is 50.0 cm³/mol. The van der Waals surface area contributed by atoms with Crippen molar-refractivity contribution in [2.75, 3.05) is 11.5 Å². The van der Waals surface area contributed by atoms with Crippen molar-refractivity contribution < 1.29 is 4.79 Å². The van der Waals surface area contributed by atoms with Gasteiger partial charge in [0, 0.05) is 5.75 Å². The minimum Gasteiger partial charge on any atom is -0.336 e. The molecule has 2 aliphatic rings. The van der Waals surface area contributed by atoms with Crippen LogP contribution < -0.4 is 10.6 Å². The zero-order valence-electron chi connectivity index (χ0n) is 7.22. The van der Waals surface area contributed by atoms with Gasteiger partial charge in [-0.25, -0.2) is 0 Å². The van der Waals surface area contributed by atoms with E-state index in [-0.39, 0.29) is 17.6 Å². The molecule has 2 aliphatic heterocycles. The van der Waals surface area contributed by atoms with Crippen molar-refractivity contribution >= 4 is 17.7 Å². The molecule has 2 N–H and O–H groups in total. The average Bonchev–Trinajstić information content (AvgIpc) is 2.29. The Bertz CT molecular complexity index is 201. The molecule has 0 saturated carbocycles. The summed E-state index contributed by atoms with van der Waals surface area (Å²) < 4.78 is 0. The maximum atomic E-state index is 11.3. The first-order chi connectivity index (χ1) is 5.72. The second-order valence-electron chi connectivity index (χ2n) is 3.59. The van der Waals surface area contributed by atoms with E-state index in [9.17, 15) is 4.79 Å². The largest absolute Gasteiger partial charge is 0.336 e. The van der Waals surface area contributed by atoms with Crippen LogP contribution in [0.15, 0.2) is 0 Å². The van der Waals surface area contributed by atoms with Gasteiger partial charge >= 0.3 is 0 Å². The normalized spacial score (nSPS) is 41.8. The van der Waals surface area contributed by atoms with E-state index in [4.69, 9.17) is 0 Å². The van der Waals surface area contributed by atoms with E-state index in [0.29, 0.717) is 0 Å². The van der Waals surface area contributed by atoms with Crippen LogP contribution in [0.1, 0.15) is 19.8 Å². The minimum atomic E-state index is -0.0700. The Hall–Kier alpha value is -0.220. The molecular weight excluding hydrogens is 172 g/mol. The van der Waals surface area contributed by atoms with Crippen LogP contribution in [-0.4, -0.2) is 29.1 Å². The van der Waals surface area contributed by atoms with Crippen LogP contribution in [0, 0.1) is 0 Å². The van der Waals surface area contributed by atoms with Crippen molar-refractivity contribution in [2.45, 2.75) is 31.5 Å². The fraction of sp³-hybridized carbons (Fsp3) is 0.875. The third-order valence-corrected chi connectivity index (χ3v) is 3.76. The molecule has 1 amide bonds. The summed E-state index contributed by atoms with van der Waals surface area (Å²) in [4.78, 5) is 11.3. The van der Waals surface area contributed by atoms with E-state index in [1.807, 2.05) is 18.7 Å². The highest BCUT2D eigenvalue weighted by molar-refractivity contribution is 7.99. The number of carbonyl (C=O) groups is 1. The van der Waals surface area contributed by atoms with Crippen LogP contribution in [0.3, 0.4) is 0 Å². The Labute approximate surface area is 76.7 Å². The Morgan fingerprint density at radius 1 is 1.67 bits per heavy atom. The van der Waals surface area contributed by atoms with Crippen molar-refractivity contribution in [3.05, 3.63) is 0 Å². The Kier molecular flexibility index (Phi) is 2.04. The van der Waals surface area contributed by atoms with E-state index < -0.39 is 0 Å². The summed E-state index contributed by atoms with van der Waals surface area (Å²) in [6, 6.07) is -0.0105. The van der Waals surface area contributed by atoms with Crippen LogP contribution in [0.4, 0.5) is 0 Å². The molecule has 0 radical (unpaired) electrons. The lowest BCUT2D eigenvalue weighted by molar-refractivity contribution is -0.120.